The third-order valence-corrected chi connectivity index (χ3v) is 8.74. The van der Waals surface area contributed by atoms with E-state index in [9.17, 15) is 9.90 Å². The van der Waals surface area contributed by atoms with Crippen molar-refractivity contribution in [2.45, 2.75) is 77.0 Å². The number of thioether (sulfide) groups is 1. The Kier molecular flexibility index (Phi) is 9.51. The van der Waals surface area contributed by atoms with Crippen molar-refractivity contribution in [3.63, 3.8) is 0 Å². The van der Waals surface area contributed by atoms with Crippen LogP contribution in [0, 0.1) is 0 Å². The molecule has 0 spiro atoms. The lowest BCUT2D eigenvalue weighted by molar-refractivity contribution is -0.128. The average Bonchev–Trinajstić information content (AvgIpc) is 3.49. The molecule has 1 unspecified atom stereocenters. The lowest BCUT2D eigenvalue weighted by atomic mass is 9.78. The number of ether oxygens (including phenoxy) is 3. The van der Waals surface area contributed by atoms with Crippen LogP contribution in [0.15, 0.2) is 30.3 Å². The van der Waals surface area contributed by atoms with Gasteiger partial charge in [0.1, 0.15) is 16.9 Å². The van der Waals surface area contributed by atoms with Crippen LogP contribution in [0.2, 0.25) is 0 Å². The van der Waals surface area contributed by atoms with Crippen LogP contribution in [0.3, 0.4) is 0 Å². The Morgan fingerprint density at radius 1 is 0.975 bits per heavy atom. The second-order valence-electron chi connectivity index (χ2n) is 12.9. The van der Waals surface area contributed by atoms with Crippen LogP contribution in [-0.2, 0) is 15.6 Å². The molecule has 7 nitrogen and oxygen atoms in total. The third kappa shape index (κ3) is 7.38. The molecule has 2 heterocycles. The number of amides is 1. The summed E-state index contributed by atoms with van der Waals surface area (Å²) in [6, 6.07) is 9.91. The van der Waals surface area contributed by atoms with Crippen LogP contribution in [0.25, 0.3) is 0 Å². The molecule has 2 aromatic carbocycles. The lowest BCUT2D eigenvalue weighted by Gasteiger charge is -2.31. The van der Waals surface area contributed by atoms with Gasteiger partial charge < -0.3 is 29.1 Å². The molecule has 1 amide bonds. The number of benzene rings is 2. The summed E-state index contributed by atoms with van der Waals surface area (Å²) in [5.74, 6) is 3.39. The van der Waals surface area contributed by atoms with E-state index >= 15 is 0 Å². The fourth-order valence-electron chi connectivity index (χ4n) is 5.18. The van der Waals surface area contributed by atoms with Crippen molar-refractivity contribution in [2.75, 3.05) is 45.8 Å². The Balaban J connectivity index is 1.27. The molecule has 2 aliphatic rings. The van der Waals surface area contributed by atoms with E-state index in [-0.39, 0.29) is 28.9 Å². The molecular formula is C32H46N2O5S. The topological polar surface area (TPSA) is 71.5 Å². The van der Waals surface area contributed by atoms with Gasteiger partial charge in [-0.2, -0.15) is 0 Å². The van der Waals surface area contributed by atoms with Gasteiger partial charge >= 0.3 is 0 Å². The summed E-state index contributed by atoms with van der Waals surface area (Å²) in [4.78, 5) is 17.3. The monoisotopic (exact) mass is 570 g/mol. The number of nitrogens with zero attached hydrogens (tertiary/aromatic N) is 2. The SMILES string of the molecule is CN(CCCCOc1ccc2c(c1)OCO2)CCCN1C(=O)CSC1c1cc(C(C)(C)C)c(O)c(C(C)(C)C)c1. The van der Waals surface area contributed by atoms with Gasteiger partial charge in [0.15, 0.2) is 11.5 Å². The summed E-state index contributed by atoms with van der Waals surface area (Å²) < 4.78 is 16.6. The molecule has 2 aromatic rings. The average molecular weight is 571 g/mol. The number of carbonyl (C=O) groups excluding carboxylic acids is 1. The van der Waals surface area contributed by atoms with Gasteiger partial charge in [0.05, 0.1) is 12.4 Å². The maximum Gasteiger partial charge on any atom is 0.233 e. The highest BCUT2D eigenvalue weighted by molar-refractivity contribution is 8.00. The maximum atomic E-state index is 12.9. The number of phenolic OH excluding ortho intramolecular Hbond substituents is 1. The molecule has 0 bridgehead atoms. The molecule has 2 aliphatic heterocycles. The Morgan fingerprint density at radius 2 is 1.62 bits per heavy atom. The largest absolute Gasteiger partial charge is 0.507 e. The quantitative estimate of drug-likeness (QED) is 0.311. The summed E-state index contributed by atoms with van der Waals surface area (Å²) in [5, 5.41) is 11.1. The molecule has 1 atom stereocenters. The molecule has 8 heteroatoms. The molecule has 1 N–H and O–H groups in total. The first-order chi connectivity index (χ1) is 18.8. The van der Waals surface area contributed by atoms with Gasteiger partial charge in [0.25, 0.3) is 0 Å². The maximum absolute atomic E-state index is 12.9. The molecule has 1 saturated heterocycles. The first kappa shape index (κ1) is 30.4. The molecule has 0 radical (unpaired) electrons. The van der Waals surface area contributed by atoms with Gasteiger partial charge in [0.2, 0.25) is 12.7 Å². The second-order valence-corrected chi connectivity index (χ2v) is 14.0. The first-order valence-electron chi connectivity index (χ1n) is 14.3. The van der Waals surface area contributed by atoms with Crippen molar-refractivity contribution in [2.24, 2.45) is 0 Å². The molecule has 0 aromatic heterocycles. The Bertz CT molecular complexity index is 1150. The van der Waals surface area contributed by atoms with E-state index in [0.29, 0.717) is 18.1 Å². The van der Waals surface area contributed by atoms with Gasteiger partial charge in [-0.3, -0.25) is 4.79 Å². The summed E-state index contributed by atoms with van der Waals surface area (Å²) >= 11 is 1.69. The van der Waals surface area contributed by atoms with Crippen LogP contribution in [0.4, 0.5) is 0 Å². The molecule has 0 saturated carbocycles. The minimum atomic E-state index is -0.198. The lowest BCUT2D eigenvalue weighted by Crippen LogP contribution is -2.32. The van der Waals surface area contributed by atoms with Crippen molar-refractivity contribution in [3.05, 3.63) is 47.0 Å². The van der Waals surface area contributed by atoms with E-state index in [4.69, 9.17) is 14.2 Å². The number of unbranched alkanes of at least 4 members (excludes halogenated alkanes) is 1. The first-order valence-corrected chi connectivity index (χ1v) is 15.4. The standard InChI is InChI=1S/C32H46N2O5S/c1-31(2,3)24-17-22(18-25(29(24)36)32(4,5)6)30-34(28(35)20-40-30)15-10-14-33(7)13-8-9-16-37-23-11-12-26-27(19-23)39-21-38-26/h11-12,17-19,30,36H,8-10,13-16,20-21H2,1-7H3. The van der Waals surface area contributed by atoms with E-state index < -0.39 is 0 Å². The summed E-state index contributed by atoms with van der Waals surface area (Å²) in [5.41, 5.74) is 2.60. The van der Waals surface area contributed by atoms with Gasteiger partial charge in [-0.05, 0) is 91.2 Å². The van der Waals surface area contributed by atoms with E-state index in [1.54, 1.807) is 11.8 Å². The molecule has 40 heavy (non-hydrogen) atoms. The van der Waals surface area contributed by atoms with E-state index in [1.807, 2.05) is 23.1 Å². The van der Waals surface area contributed by atoms with Gasteiger partial charge in [-0.1, -0.05) is 41.5 Å². The minimum Gasteiger partial charge on any atom is -0.507 e. The zero-order valence-electron chi connectivity index (χ0n) is 25.2. The Hall–Kier alpha value is -2.58. The summed E-state index contributed by atoms with van der Waals surface area (Å²) in [6.45, 7) is 16.3. The number of fused-ring (bicyclic) bond motifs is 1. The molecule has 1 fully saturated rings. The zero-order chi connectivity index (χ0) is 29.1. The fraction of sp³-hybridized carbons (Fsp3) is 0.594. The van der Waals surface area contributed by atoms with Crippen molar-refractivity contribution in [1.82, 2.24) is 9.80 Å². The minimum absolute atomic E-state index is 0.0195. The van der Waals surface area contributed by atoms with Crippen molar-refractivity contribution < 1.29 is 24.1 Å². The van der Waals surface area contributed by atoms with Crippen molar-refractivity contribution in [1.29, 1.82) is 0 Å². The molecule has 4 rings (SSSR count). The van der Waals surface area contributed by atoms with Gasteiger partial charge in [0, 0.05) is 12.6 Å². The molecule has 0 aliphatic carbocycles. The highest BCUT2D eigenvalue weighted by atomic mass is 32.2. The number of phenols is 1. The smallest absolute Gasteiger partial charge is 0.233 e. The van der Waals surface area contributed by atoms with E-state index in [1.165, 1.54) is 0 Å². The summed E-state index contributed by atoms with van der Waals surface area (Å²) in [7, 11) is 2.14. The van der Waals surface area contributed by atoms with Gasteiger partial charge in [-0.25, -0.2) is 0 Å². The predicted molar refractivity (Wildman–Crippen MR) is 162 cm³/mol. The van der Waals surface area contributed by atoms with E-state index in [2.05, 4.69) is 65.6 Å². The Morgan fingerprint density at radius 3 is 2.30 bits per heavy atom. The number of aromatic hydroxyl groups is 1. The van der Waals surface area contributed by atoms with Crippen LogP contribution in [0.5, 0.6) is 23.0 Å². The highest BCUT2D eigenvalue weighted by Gasteiger charge is 2.35. The normalized spacial score (nSPS) is 17.2. The zero-order valence-corrected chi connectivity index (χ0v) is 26.0. The van der Waals surface area contributed by atoms with Crippen LogP contribution in [0.1, 0.15) is 82.9 Å². The Labute approximate surface area is 244 Å². The van der Waals surface area contributed by atoms with Crippen molar-refractivity contribution in [3.8, 4) is 23.0 Å². The van der Waals surface area contributed by atoms with E-state index in [0.717, 1.165) is 72.8 Å². The predicted octanol–water partition coefficient (Wildman–Crippen LogP) is 6.47. The number of rotatable bonds is 11. The van der Waals surface area contributed by atoms with Crippen LogP contribution in [-0.4, -0.2) is 66.6 Å². The molecule has 220 valence electrons. The van der Waals surface area contributed by atoms with Crippen LogP contribution >= 0.6 is 11.8 Å². The molecular weight excluding hydrogens is 524 g/mol. The fourth-order valence-corrected chi connectivity index (χ4v) is 6.38. The number of hydrogen-bond acceptors (Lipinski definition) is 7. The number of carbonyl (C=O) groups is 1. The third-order valence-electron chi connectivity index (χ3n) is 7.49. The van der Waals surface area contributed by atoms with Crippen LogP contribution < -0.4 is 14.2 Å². The summed E-state index contributed by atoms with van der Waals surface area (Å²) in [6.07, 6.45) is 2.93. The van der Waals surface area contributed by atoms with Crippen molar-refractivity contribution >= 4 is 17.7 Å². The highest BCUT2D eigenvalue weighted by Crippen LogP contribution is 2.45. The van der Waals surface area contributed by atoms with Gasteiger partial charge in [-0.15, -0.1) is 11.8 Å². The second kappa shape index (κ2) is 12.5. The number of hydrogen-bond donors (Lipinski definition) is 1.